The van der Waals surface area contributed by atoms with Crippen molar-refractivity contribution in [2.45, 2.75) is 20.3 Å². The number of hydrogen-bond donors (Lipinski definition) is 0. The zero-order valence-corrected chi connectivity index (χ0v) is 17.8. The van der Waals surface area contributed by atoms with Gasteiger partial charge in [-0.3, -0.25) is 9.69 Å². The van der Waals surface area contributed by atoms with E-state index in [1.54, 1.807) is 28.4 Å². The molecule has 0 N–H and O–H groups in total. The summed E-state index contributed by atoms with van der Waals surface area (Å²) in [6.07, 6.45) is 0.881. The Kier molecular flexibility index (Phi) is 5.97. The number of thiazole rings is 1. The van der Waals surface area contributed by atoms with Gasteiger partial charge in [0, 0.05) is 6.54 Å². The molecule has 0 unspecified atom stereocenters. The van der Waals surface area contributed by atoms with Gasteiger partial charge >= 0.3 is 0 Å². The minimum atomic E-state index is -0.0333. The van der Waals surface area contributed by atoms with Gasteiger partial charge in [-0.2, -0.15) is 0 Å². The molecule has 0 atom stereocenters. The molecule has 0 fully saturated rings. The van der Waals surface area contributed by atoms with Crippen molar-refractivity contribution in [1.29, 1.82) is 0 Å². The van der Waals surface area contributed by atoms with Crippen molar-refractivity contribution in [2.24, 2.45) is 0 Å². The second-order valence-electron chi connectivity index (χ2n) is 6.57. The minimum Gasteiger partial charge on any atom is -0.309 e. The van der Waals surface area contributed by atoms with Crippen molar-refractivity contribution < 1.29 is 4.79 Å². The third-order valence-corrected chi connectivity index (χ3v) is 6.58. The molecule has 0 saturated carbocycles. The third-order valence-electron chi connectivity index (χ3n) is 4.32. The van der Waals surface area contributed by atoms with Crippen molar-refractivity contribution in [3.05, 3.63) is 44.6 Å². The normalized spacial score (nSPS) is 11.5. The summed E-state index contributed by atoms with van der Waals surface area (Å²) < 4.78 is 1.73. The van der Waals surface area contributed by atoms with Gasteiger partial charge in [-0.15, -0.1) is 11.3 Å². The zero-order valence-electron chi connectivity index (χ0n) is 15.4. The maximum absolute atomic E-state index is 13.1. The van der Waals surface area contributed by atoms with E-state index in [4.69, 9.17) is 16.6 Å². The number of anilines is 1. The summed E-state index contributed by atoms with van der Waals surface area (Å²) >= 11 is 8.91. The fourth-order valence-corrected chi connectivity index (χ4v) is 4.76. The maximum Gasteiger partial charge on any atom is 0.270 e. The van der Waals surface area contributed by atoms with E-state index in [0.29, 0.717) is 15.8 Å². The third kappa shape index (κ3) is 4.09. The summed E-state index contributed by atoms with van der Waals surface area (Å²) in [5.74, 6) is -0.0333. The van der Waals surface area contributed by atoms with Gasteiger partial charge in [-0.1, -0.05) is 29.0 Å². The first-order valence-corrected chi connectivity index (χ1v) is 10.5. The summed E-state index contributed by atoms with van der Waals surface area (Å²) in [6, 6.07) is 7.75. The predicted octanol–water partition coefficient (Wildman–Crippen LogP) is 5.23. The quantitative estimate of drug-likeness (QED) is 0.561. The molecule has 0 aliphatic heterocycles. The van der Waals surface area contributed by atoms with Crippen LogP contribution in [-0.2, 0) is 0 Å². The number of aromatic nitrogens is 1. The lowest BCUT2D eigenvalue weighted by Gasteiger charge is -2.20. The van der Waals surface area contributed by atoms with Crippen LogP contribution in [0, 0.1) is 13.8 Å². The fourth-order valence-electron chi connectivity index (χ4n) is 2.72. The first-order valence-electron chi connectivity index (χ1n) is 8.45. The molecule has 1 amide bonds. The summed E-state index contributed by atoms with van der Waals surface area (Å²) in [5, 5.41) is 0.752. The van der Waals surface area contributed by atoms with E-state index in [9.17, 15) is 4.79 Å². The maximum atomic E-state index is 13.1. The monoisotopic (exact) mass is 407 g/mol. The Labute approximate surface area is 167 Å². The number of benzene rings is 1. The van der Waals surface area contributed by atoms with E-state index >= 15 is 0 Å². The lowest BCUT2D eigenvalue weighted by atomic mass is 10.1. The molecule has 138 valence electrons. The van der Waals surface area contributed by atoms with Crippen LogP contribution in [0.15, 0.2) is 24.3 Å². The molecule has 0 aliphatic rings. The number of hydrogen-bond acceptors (Lipinski definition) is 5. The van der Waals surface area contributed by atoms with Crippen molar-refractivity contribution in [2.75, 3.05) is 32.1 Å². The van der Waals surface area contributed by atoms with Crippen molar-refractivity contribution in [3.63, 3.8) is 0 Å². The van der Waals surface area contributed by atoms with E-state index < -0.39 is 0 Å². The molecule has 26 heavy (non-hydrogen) atoms. The molecule has 4 nitrogen and oxygen atoms in total. The number of rotatable bonds is 6. The average Bonchev–Trinajstić information content (AvgIpc) is 3.21. The summed E-state index contributed by atoms with van der Waals surface area (Å²) in [5.41, 5.74) is 3.37. The topological polar surface area (TPSA) is 36.4 Å². The largest absolute Gasteiger partial charge is 0.309 e. The zero-order chi connectivity index (χ0) is 18.8. The fraction of sp³-hybridized carbons (Fsp3) is 0.368. The molecular formula is C19H22ClN3OS2. The van der Waals surface area contributed by atoms with Gasteiger partial charge < -0.3 is 4.90 Å². The highest BCUT2D eigenvalue weighted by Gasteiger charge is 2.23. The van der Waals surface area contributed by atoms with Gasteiger partial charge in [0.05, 0.1) is 19.4 Å². The van der Waals surface area contributed by atoms with Gasteiger partial charge in [0.2, 0.25) is 0 Å². The molecular weight excluding hydrogens is 386 g/mol. The Morgan fingerprint density at radius 1 is 1.12 bits per heavy atom. The standard InChI is InChI=1S/C19H22ClN3OS2/c1-12-6-7-14-17(13(12)2)21-19(26-14)23(11-5-10-22(3)4)18(24)15-8-9-16(20)25-15/h6-9H,5,10-11H2,1-4H3. The Hall–Kier alpha value is -1.47. The Balaban J connectivity index is 1.96. The Morgan fingerprint density at radius 2 is 1.88 bits per heavy atom. The van der Waals surface area contributed by atoms with Gasteiger partial charge in [-0.25, -0.2) is 4.98 Å². The van der Waals surface area contributed by atoms with Crippen molar-refractivity contribution >= 4 is 55.5 Å². The van der Waals surface area contributed by atoms with Gasteiger partial charge in [0.15, 0.2) is 5.13 Å². The lowest BCUT2D eigenvalue weighted by molar-refractivity contribution is 0.0990. The second kappa shape index (κ2) is 8.05. The molecule has 1 aromatic carbocycles. The first kappa shape index (κ1) is 19.3. The van der Waals surface area contributed by atoms with E-state index in [1.165, 1.54) is 22.5 Å². The molecule has 2 aromatic heterocycles. The number of nitrogens with zero attached hydrogens (tertiary/aromatic N) is 3. The number of carbonyl (C=O) groups excluding carboxylic acids is 1. The van der Waals surface area contributed by atoms with Crippen LogP contribution in [-0.4, -0.2) is 43.0 Å². The van der Waals surface area contributed by atoms with Gasteiger partial charge in [0.1, 0.15) is 0 Å². The highest BCUT2D eigenvalue weighted by atomic mass is 35.5. The van der Waals surface area contributed by atoms with Crippen molar-refractivity contribution in [1.82, 2.24) is 9.88 Å². The van der Waals surface area contributed by atoms with Crippen LogP contribution in [0.5, 0.6) is 0 Å². The number of halogens is 1. The van der Waals surface area contributed by atoms with Crippen LogP contribution in [0.2, 0.25) is 4.34 Å². The van der Waals surface area contributed by atoms with E-state index in [2.05, 4.69) is 30.9 Å². The molecule has 2 heterocycles. The number of fused-ring (bicyclic) bond motifs is 1. The number of amides is 1. The highest BCUT2D eigenvalue weighted by molar-refractivity contribution is 7.22. The smallest absolute Gasteiger partial charge is 0.270 e. The summed E-state index contributed by atoms with van der Waals surface area (Å²) in [4.78, 5) is 22.5. The summed E-state index contributed by atoms with van der Waals surface area (Å²) in [6.45, 7) is 5.71. The molecule has 0 aliphatic carbocycles. The minimum absolute atomic E-state index is 0.0333. The highest BCUT2D eigenvalue weighted by Crippen LogP contribution is 2.33. The van der Waals surface area contributed by atoms with Crippen molar-refractivity contribution in [3.8, 4) is 0 Å². The molecule has 0 spiro atoms. The molecule has 3 aromatic rings. The van der Waals surface area contributed by atoms with E-state index in [0.717, 1.165) is 28.3 Å². The SMILES string of the molecule is Cc1ccc2sc(N(CCCN(C)C)C(=O)c3ccc(Cl)s3)nc2c1C. The Bertz CT molecular complexity index is 932. The molecule has 0 bridgehead atoms. The van der Waals surface area contributed by atoms with Crippen LogP contribution in [0.25, 0.3) is 10.2 Å². The van der Waals surface area contributed by atoms with Crippen LogP contribution < -0.4 is 4.90 Å². The van der Waals surface area contributed by atoms with Crippen LogP contribution in [0.3, 0.4) is 0 Å². The van der Waals surface area contributed by atoms with Crippen LogP contribution in [0.4, 0.5) is 5.13 Å². The molecule has 3 rings (SSSR count). The van der Waals surface area contributed by atoms with Gasteiger partial charge in [-0.05, 0) is 70.2 Å². The van der Waals surface area contributed by atoms with E-state index in [-0.39, 0.29) is 5.91 Å². The number of aryl methyl sites for hydroxylation is 2. The summed E-state index contributed by atoms with van der Waals surface area (Å²) in [7, 11) is 4.07. The first-order chi connectivity index (χ1) is 12.4. The molecule has 0 radical (unpaired) electrons. The average molecular weight is 408 g/mol. The van der Waals surface area contributed by atoms with Gasteiger partial charge in [0.25, 0.3) is 5.91 Å². The van der Waals surface area contributed by atoms with Crippen LogP contribution >= 0.6 is 34.3 Å². The second-order valence-corrected chi connectivity index (χ2v) is 9.29. The lowest BCUT2D eigenvalue weighted by Crippen LogP contribution is -2.32. The molecule has 0 saturated heterocycles. The number of thiophene rings is 1. The van der Waals surface area contributed by atoms with E-state index in [1.807, 2.05) is 14.1 Å². The molecule has 7 heteroatoms. The predicted molar refractivity (Wildman–Crippen MR) is 113 cm³/mol. The number of carbonyl (C=O) groups is 1. The van der Waals surface area contributed by atoms with Crippen LogP contribution in [0.1, 0.15) is 27.2 Å². The Morgan fingerprint density at radius 3 is 2.54 bits per heavy atom.